The Morgan fingerprint density at radius 1 is 1.29 bits per heavy atom. The quantitative estimate of drug-likeness (QED) is 0.555. The Kier molecular flexibility index (Phi) is 3.59. The van der Waals surface area contributed by atoms with Crippen molar-refractivity contribution in [2.75, 3.05) is 0 Å². The van der Waals surface area contributed by atoms with Crippen molar-refractivity contribution in [2.45, 2.75) is 18.2 Å². The van der Waals surface area contributed by atoms with E-state index in [0.29, 0.717) is 0 Å². The van der Waals surface area contributed by atoms with E-state index >= 15 is 0 Å². The highest BCUT2D eigenvalue weighted by Crippen LogP contribution is 2.37. The van der Waals surface area contributed by atoms with E-state index in [1.807, 2.05) is 0 Å². The van der Waals surface area contributed by atoms with Crippen molar-refractivity contribution in [2.24, 2.45) is 0 Å². The summed E-state index contributed by atoms with van der Waals surface area (Å²) >= 11 is 0. The van der Waals surface area contributed by atoms with Gasteiger partial charge in [-0.1, -0.05) is 5.92 Å². The molecule has 0 aromatic heterocycles. The molecule has 0 saturated heterocycles. The van der Waals surface area contributed by atoms with E-state index in [2.05, 4.69) is 6.42 Å². The second-order valence-corrected chi connectivity index (χ2v) is 2.22. The Balaban J connectivity index is 4.91. The zero-order valence-corrected chi connectivity index (χ0v) is 6.45. The third-order valence-corrected chi connectivity index (χ3v) is 1.12. The molecule has 1 atom stereocenters. The van der Waals surface area contributed by atoms with Gasteiger partial charge >= 0.3 is 12.1 Å². The van der Waals surface area contributed by atoms with Crippen LogP contribution in [0.3, 0.4) is 0 Å². The molecule has 0 spiro atoms. The summed E-state index contributed by atoms with van der Waals surface area (Å²) < 4.78 is 70.8. The van der Waals surface area contributed by atoms with Crippen LogP contribution in [0, 0.1) is 12.3 Å². The van der Waals surface area contributed by atoms with Crippen LogP contribution in [0.4, 0.5) is 26.3 Å². The lowest BCUT2D eigenvalue weighted by atomic mass is 10.2. The van der Waals surface area contributed by atoms with Crippen molar-refractivity contribution in [3.63, 3.8) is 0 Å². The van der Waals surface area contributed by atoms with Gasteiger partial charge < -0.3 is 5.11 Å². The van der Waals surface area contributed by atoms with Gasteiger partial charge in [-0.25, -0.2) is 4.39 Å². The maximum atomic E-state index is 12.3. The highest BCUT2D eigenvalue weighted by Gasteiger charge is 2.56. The zero-order chi connectivity index (χ0) is 11.6. The molecule has 7 heteroatoms. The van der Waals surface area contributed by atoms with Crippen LogP contribution in [-0.4, -0.2) is 23.3 Å². The van der Waals surface area contributed by atoms with E-state index in [1.54, 1.807) is 0 Å². The fourth-order valence-electron chi connectivity index (χ4n) is 0.414. The Morgan fingerprint density at radius 2 is 1.71 bits per heavy atom. The van der Waals surface area contributed by atoms with Crippen molar-refractivity contribution < 1.29 is 31.4 Å². The summed E-state index contributed by atoms with van der Waals surface area (Å²) in [5, 5.41) is 8.38. The molecular formula is C7H4F6O. The monoisotopic (exact) mass is 218 g/mol. The molecule has 14 heavy (non-hydrogen) atoms. The molecule has 0 aliphatic carbocycles. The summed E-state index contributed by atoms with van der Waals surface area (Å²) in [6.07, 6.45) is -4.98. The lowest BCUT2D eigenvalue weighted by Crippen LogP contribution is -2.34. The smallest absolute Gasteiger partial charge is 0.374 e. The van der Waals surface area contributed by atoms with Gasteiger partial charge in [0.25, 0.3) is 0 Å². The zero-order valence-electron chi connectivity index (χ0n) is 6.45. The van der Waals surface area contributed by atoms with Gasteiger partial charge in [0, 0.05) is 6.08 Å². The number of halogens is 6. The first-order valence-corrected chi connectivity index (χ1v) is 3.09. The van der Waals surface area contributed by atoms with Gasteiger partial charge in [0.15, 0.2) is 6.10 Å². The molecular weight excluding hydrogens is 214 g/mol. The van der Waals surface area contributed by atoms with Gasteiger partial charge in [0.1, 0.15) is 5.83 Å². The molecule has 0 fully saturated rings. The second kappa shape index (κ2) is 3.92. The SMILES string of the molecule is C#CC(O)/C(F)=C/C(F)(F)C(F)(F)F. The number of hydrogen-bond acceptors (Lipinski definition) is 1. The van der Waals surface area contributed by atoms with E-state index < -0.39 is 30.1 Å². The van der Waals surface area contributed by atoms with Crippen LogP contribution in [0.2, 0.25) is 0 Å². The third kappa shape index (κ3) is 2.96. The van der Waals surface area contributed by atoms with Crippen molar-refractivity contribution in [3.05, 3.63) is 11.9 Å². The summed E-state index contributed by atoms with van der Waals surface area (Å²) in [6, 6.07) is 0. The van der Waals surface area contributed by atoms with Crippen LogP contribution >= 0.6 is 0 Å². The molecule has 80 valence electrons. The standard InChI is InChI=1S/C7H4F6O/c1-2-5(14)4(8)3-6(9,10)7(11,12)13/h1,3,5,14H/b4-3-. The van der Waals surface area contributed by atoms with Gasteiger partial charge in [-0.2, -0.15) is 22.0 Å². The minimum atomic E-state index is -5.92. The number of aliphatic hydroxyl groups excluding tert-OH is 1. The molecule has 0 amide bonds. The van der Waals surface area contributed by atoms with Gasteiger partial charge in [-0.3, -0.25) is 0 Å². The molecule has 0 aromatic carbocycles. The highest BCUT2D eigenvalue weighted by atomic mass is 19.4. The number of aliphatic hydroxyl groups is 1. The number of allylic oxidation sites excluding steroid dienone is 1. The minimum Gasteiger partial charge on any atom is -0.374 e. The van der Waals surface area contributed by atoms with Crippen molar-refractivity contribution in [1.29, 1.82) is 0 Å². The number of hydrogen-bond donors (Lipinski definition) is 1. The van der Waals surface area contributed by atoms with Gasteiger partial charge in [0.2, 0.25) is 0 Å². The Morgan fingerprint density at radius 3 is 2.00 bits per heavy atom. The van der Waals surface area contributed by atoms with E-state index in [0.717, 1.165) is 0 Å². The topological polar surface area (TPSA) is 20.2 Å². The largest absolute Gasteiger partial charge is 0.457 e. The minimum absolute atomic E-state index is 1.06. The molecule has 0 aliphatic rings. The first-order valence-electron chi connectivity index (χ1n) is 3.09. The molecule has 0 aromatic rings. The van der Waals surface area contributed by atoms with E-state index in [9.17, 15) is 26.3 Å². The van der Waals surface area contributed by atoms with E-state index in [1.165, 1.54) is 5.92 Å². The first-order chi connectivity index (χ1) is 6.12. The van der Waals surface area contributed by atoms with Crippen LogP contribution < -0.4 is 0 Å². The number of alkyl halides is 5. The fraction of sp³-hybridized carbons (Fsp3) is 0.429. The second-order valence-electron chi connectivity index (χ2n) is 2.22. The predicted molar refractivity (Wildman–Crippen MR) is 35.0 cm³/mol. The Hall–Kier alpha value is -1.16. The lowest BCUT2D eigenvalue weighted by molar-refractivity contribution is -0.259. The van der Waals surface area contributed by atoms with Crippen LogP contribution in [-0.2, 0) is 0 Å². The van der Waals surface area contributed by atoms with Crippen LogP contribution in [0.15, 0.2) is 11.9 Å². The molecule has 1 N–H and O–H groups in total. The molecule has 0 radical (unpaired) electrons. The summed E-state index contributed by atoms with van der Waals surface area (Å²) in [5.74, 6) is -6.22. The molecule has 0 saturated carbocycles. The van der Waals surface area contributed by atoms with Crippen molar-refractivity contribution >= 4 is 0 Å². The van der Waals surface area contributed by atoms with Gasteiger partial charge in [-0.15, -0.1) is 6.42 Å². The average Bonchev–Trinajstić information content (AvgIpc) is 2.00. The average molecular weight is 218 g/mol. The molecule has 0 bridgehead atoms. The highest BCUT2D eigenvalue weighted by molar-refractivity contribution is 5.16. The molecule has 0 rings (SSSR count). The molecule has 1 nitrogen and oxygen atoms in total. The molecule has 0 aliphatic heterocycles. The lowest BCUT2D eigenvalue weighted by Gasteiger charge is -2.15. The third-order valence-electron chi connectivity index (χ3n) is 1.12. The Bertz CT molecular complexity index is 271. The van der Waals surface area contributed by atoms with Crippen LogP contribution in [0.5, 0.6) is 0 Å². The summed E-state index contributed by atoms with van der Waals surface area (Å²) in [7, 11) is 0. The van der Waals surface area contributed by atoms with E-state index in [4.69, 9.17) is 5.11 Å². The fourth-order valence-corrected chi connectivity index (χ4v) is 0.414. The summed E-state index contributed by atoms with van der Waals surface area (Å²) in [4.78, 5) is 0. The number of rotatable bonds is 2. The van der Waals surface area contributed by atoms with Crippen LogP contribution in [0.25, 0.3) is 0 Å². The molecule has 1 unspecified atom stereocenters. The van der Waals surface area contributed by atoms with E-state index in [-0.39, 0.29) is 0 Å². The summed E-state index contributed by atoms with van der Waals surface area (Å²) in [5.41, 5.74) is 0. The van der Waals surface area contributed by atoms with Crippen molar-refractivity contribution in [1.82, 2.24) is 0 Å². The normalized spacial score (nSPS) is 16.3. The maximum Gasteiger partial charge on any atom is 0.457 e. The summed E-state index contributed by atoms with van der Waals surface area (Å²) in [6.45, 7) is 0. The van der Waals surface area contributed by atoms with Crippen molar-refractivity contribution in [3.8, 4) is 12.3 Å². The molecule has 0 heterocycles. The van der Waals surface area contributed by atoms with Gasteiger partial charge in [-0.05, 0) is 0 Å². The maximum absolute atomic E-state index is 12.3. The predicted octanol–water partition coefficient (Wildman–Crippen LogP) is 2.03. The first kappa shape index (κ1) is 12.8. The number of terminal acetylenes is 1. The Labute approximate surface area is 75.0 Å². The van der Waals surface area contributed by atoms with Gasteiger partial charge in [0.05, 0.1) is 0 Å². The van der Waals surface area contributed by atoms with Crippen LogP contribution in [0.1, 0.15) is 0 Å².